The monoisotopic (exact) mass is 547 g/mol. The smallest absolute Gasteiger partial charge is 0.213 e. The van der Waals surface area contributed by atoms with E-state index in [1.165, 1.54) is 65.3 Å². The Bertz CT molecular complexity index is 2410. The molecule has 9 rings (SSSR count). The number of pyridine rings is 1. The van der Waals surface area contributed by atoms with Gasteiger partial charge < -0.3 is 4.57 Å². The maximum absolute atomic E-state index is 2.41. The van der Waals surface area contributed by atoms with Crippen molar-refractivity contribution in [2.75, 3.05) is 0 Å². The number of hydrogen-bond donors (Lipinski definition) is 0. The van der Waals surface area contributed by atoms with Gasteiger partial charge in [0.15, 0.2) is 12.4 Å². The van der Waals surface area contributed by atoms with Crippen LogP contribution in [0.15, 0.2) is 164 Å². The molecule has 0 bridgehead atoms. The largest absolute Gasteiger partial charge is 0.309 e. The highest BCUT2D eigenvalue weighted by atomic mass is 15.0. The molecular formula is C41H27N2+. The summed E-state index contributed by atoms with van der Waals surface area (Å²) in [6.45, 7) is 0. The summed E-state index contributed by atoms with van der Waals surface area (Å²) in [6, 6.07) is 55.1. The average Bonchev–Trinajstić information content (AvgIpc) is 3.43. The van der Waals surface area contributed by atoms with E-state index in [4.69, 9.17) is 0 Å². The highest BCUT2D eigenvalue weighted by Crippen LogP contribution is 2.38. The third kappa shape index (κ3) is 3.70. The summed E-state index contributed by atoms with van der Waals surface area (Å²) in [7, 11) is 0. The van der Waals surface area contributed by atoms with Crippen molar-refractivity contribution in [3.63, 3.8) is 0 Å². The number of fused-ring (bicyclic) bond motifs is 9. The van der Waals surface area contributed by atoms with Crippen LogP contribution in [0, 0.1) is 0 Å². The first-order valence-electron chi connectivity index (χ1n) is 14.8. The minimum atomic E-state index is 1.12. The van der Waals surface area contributed by atoms with Gasteiger partial charge in [-0.2, -0.15) is 4.57 Å². The van der Waals surface area contributed by atoms with E-state index >= 15 is 0 Å². The van der Waals surface area contributed by atoms with Gasteiger partial charge in [0.2, 0.25) is 5.69 Å². The Morgan fingerprint density at radius 2 is 0.860 bits per heavy atom. The quantitative estimate of drug-likeness (QED) is 0.154. The fraction of sp³-hybridized carbons (Fsp3) is 0. The van der Waals surface area contributed by atoms with Crippen molar-refractivity contribution < 1.29 is 4.57 Å². The Morgan fingerprint density at radius 1 is 0.349 bits per heavy atom. The maximum atomic E-state index is 2.41. The SMILES string of the molecule is c1cc[n+](-c2cc(-c3ccc4c5ccccc5c5ccccc5c4c3)cc(-n3c4ccccc4c4ccccc43)c2)cc1. The third-order valence-corrected chi connectivity index (χ3v) is 8.83. The Morgan fingerprint density at radius 3 is 1.47 bits per heavy atom. The first-order valence-corrected chi connectivity index (χ1v) is 14.8. The molecule has 2 heteroatoms. The summed E-state index contributed by atoms with van der Waals surface area (Å²) in [6.07, 6.45) is 4.24. The highest BCUT2D eigenvalue weighted by Gasteiger charge is 2.17. The molecule has 0 aliphatic rings. The van der Waals surface area contributed by atoms with Crippen molar-refractivity contribution in [1.82, 2.24) is 4.57 Å². The molecule has 2 aromatic heterocycles. The third-order valence-electron chi connectivity index (χ3n) is 8.83. The van der Waals surface area contributed by atoms with E-state index in [1.54, 1.807) is 0 Å². The topological polar surface area (TPSA) is 8.81 Å². The average molecular weight is 548 g/mol. The molecular weight excluding hydrogens is 520 g/mol. The fourth-order valence-corrected chi connectivity index (χ4v) is 6.90. The molecule has 0 aliphatic heterocycles. The number of hydrogen-bond acceptors (Lipinski definition) is 0. The Labute approximate surface area is 249 Å². The van der Waals surface area contributed by atoms with Crippen molar-refractivity contribution in [2.24, 2.45) is 0 Å². The van der Waals surface area contributed by atoms with Crippen molar-refractivity contribution in [2.45, 2.75) is 0 Å². The molecule has 0 aliphatic carbocycles. The van der Waals surface area contributed by atoms with E-state index in [1.807, 2.05) is 0 Å². The number of rotatable bonds is 3. The minimum absolute atomic E-state index is 1.12. The number of aromatic nitrogens is 2. The summed E-state index contributed by atoms with van der Waals surface area (Å²) < 4.78 is 4.61. The van der Waals surface area contributed by atoms with Gasteiger partial charge in [0.25, 0.3) is 0 Å². The van der Waals surface area contributed by atoms with E-state index in [-0.39, 0.29) is 0 Å². The molecule has 2 nitrogen and oxygen atoms in total. The standard InChI is InChI=1S/C41H27N2/c1-10-22-42(23-11-1)30-24-29(25-31(27-30)43-40-18-8-6-16-37(40)38-17-7-9-19-41(38)43)28-20-21-36-34-14-3-2-12-32(34)33-13-4-5-15-35(33)39(36)26-28/h1-27H/q+1. The Hall–Kier alpha value is -5.73. The highest BCUT2D eigenvalue weighted by molar-refractivity contribution is 6.25. The molecule has 7 aromatic carbocycles. The van der Waals surface area contributed by atoms with Gasteiger partial charge in [0.05, 0.1) is 16.7 Å². The zero-order valence-corrected chi connectivity index (χ0v) is 23.5. The van der Waals surface area contributed by atoms with Gasteiger partial charge in [-0.15, -0.1) is 0 Å². The summed E-state index contributed by atoms with van der Waals surface area (Å²) in [5, 5.41) is 10.3. The van der Waals surface area contributed by atoms with Gasteiger partial charge in [-0.05, 0) is 67.7 Å². The van der Waals surface area contributed by atoms with Crippen molar-refractivity contribution in [3.05, 3.63) is 164 Å². The lowest BCUT2D eigenvalue weighted by Gasteiger charge is -2.14. The molecule has 2 heterocycles. The lowest BCUT2D eigenvalue weighted by Crippen LogP contribution is -2.29. The molecule has 0 atom stereocenters. The molecule has 9 aromatic rings. The second-order valence-corrected chi connectivity index (χ2v) is 11.2. The van der Waals surface area contributed by atoms with Crippen LogP contribution in [0.3, 0.4) is 0 Å². The van der Waals surface area contributed by atoms with Crippen LogP contribution in [0.25, 0.3) is 76.6 Å². The van der Waals surface area contributed by atoms with Gasteiger partial charge in [-0.3, -0.25) is 0 Å². The first kappa shape index (κ1) is 23.9. The molecule has 200 valence electrons. The van der Waals surface area contributed by atoms with Crippen LogP contribution in [0.2, 0.25) is 0 Å². The molecule has 0 radical (unpaired) electrons. The zero-order chi connectivity index (χ0) is 28.3. The molecule has 0 spiro atoms. The van der Waals surface area contributed by atoms with Crippen molar-refractivity contribution in [1.29, 1.82) is 0 Å². The van der Waals surface area contributed by atoms with E-state index in [9.17, 15) is 0 Å². The molecule has 0 amide bonds. The van der Waals surface area contributed by atoms with E-state index in [2.05, 4.69) is 173 Å². The van der Waals surface area contributed by atoms with Crippen LogP contribution in [-0.4, -0.2) is 4.57 Å². The zero-order valence-electron chi connectivity index (χ0n) is 23.5. The number of nitrogens with zero attached hydrogens (tertiary/aromatic N) is 2. The van der Waals surface area contributed by atoms with Crippen LogP contribution >= 0.6 is 0 Å². The van der Waals surface area contributed by atoms with E-state index < -0.39 is 0 Å². The number of benzene rings is 7. The predicted octanol–water partition coefficient (Wildman–Crippen LogP) is 10.2. The Kier molecular flexibility index (Phi) is 5.23. The molecule has 0 unspecified atom stereocenters. The molecule has 0 saturated carbocycles. The summed E-state index contributed by atoms with van der Waals surface area (Å²) in [4.78, 5) is 0. The fourth-order valence-electron chi connectivity index (χ4n) is 6.90. The summed E-state index contributed by atoms with van der Waals surface area (Å²) in [5.74, 6) is 0. The predicted molar refractivity (Wildman–Crippen MR) is 180 cm³/mol. The van der Waals surface area contributed by atoms with Crippen molar-refractivity contribution >= 4 is 54.1 Å². The number of para-hydroxylation sites is 2. The van der Waals surface area contributed by atoms with E-state index in [0.29, 0.717) is 0 Å². The summed E-state index contributed by atoms with van der Waals surface area (Å²) in [5.41, 5.74) is 7.07. The van der Waals surface area contributed by atoms with Gasteiger partial charge in [0.1, 0.15) is 0 Å². The van der Waals surface area contributed by atoms with Crippen LogP contribution in [0.5, 0.6) is 0 Å². The second-order valence-electron chi connectivity index (χ2n) is 11.2. The van der Waals surface area contributed by atoms with Crippen LogP contribution < -0.4 is 4.57 Å². The summed E-state index contributed by atoms with van der Waals surface area (Å²) >= 11 is 0. The molecule has 0 N–H and O–H groups in total. The minimum Gasteiger partial charge on any atom is -0.309 e. The Balaban J connectivity index is 1.35. The lowest BCUT2D eigenvalue weighted by molar-refractivity contribution is -0.595. The molecule has 0 fully saturated rings. The first-order chi connectivity index (χ1) is 21.3. The maximum Gasteiger partial charge on any atom is 0.213 e. The van der Waals surface area contributed by atoms with Gasteiger partial charge >= 0.3 is 0 Å². The van der Waals surface area contributed by atoms with Gasteiger partial charge in [0, 0.05) is 35.0 Å². The van der Waals surface area contributed by atoms with Gasteiger partial charge in [-0.1, -0.05) is 103 Å². The van der Waals surface area contributed by atoms with Crippen molar-refractivity contribution in [3.8, 4) is 22.5 Å². The normalized spacial score (nSPS) is 11.7. The van der Waals surface area contributed by atoms with Gasteiger partial charge in [-0.25, -0.2) is 0 Å². The van der Waals surface area contributed by atoms with Crippen LogP contribution in [0.1, 0.15) is 0 Å². The second kappa shape index (κ2) is 9.40. The lowest BCUT2D eigenvalue weighted by atomic mass is 9.92. The van der Waals surface area contributed by atoms with Crippen LogP contribution in [-0.2, 0) is 0 Å². The molecule has 0 saturated heterocycles. The van der Waals surface area contributed by atoms with Crippen LogP contribution in [0.4, 0.5) is 0 Å². The molecule has 43 heavy (non-hydrogen) atoms. The van der Waals surface area contributed by atoms with E-state index in [0.717, 1.165) is 11.4 Å².